The van der Waals surface area contributed by atoms with Crippen LogP contribution >= 0.6 is 0 Å². The van der Waals surface area contributed by atoms with E-state index in [9.17, 15) is 19.5 Å². The van der Waals surface area contributed by atoms with Gasteiger partial charge in [-0.2, -0.15) is 0 Å². The number of rotatable bonds is 12. The Morgan fingerprint density at radius 3 is 2.49 bits per heavy atom. The molecule has 2 bridgehead atoms. The maximum atomic E-state index is 14.2. The summed E-state index contributed by atoms with van der Waals surface area (Å²) >= 11 is 0. The fourth-order valence-corrected chi connectivity index (χ4v) is 7.15. The highest BCUT2D eigenvalue weighted by atomic mass is 16.5. The molecular formula is C32H41N3O6. The number of amides is 3. The van der Waals surface area contributed by atoms with E-state index in [1.807, 2.05) is 51.1 Å². The van der Waals surface area contributed by atoms with Gasteiger partial charge in [-0.15, -0.1) is 0 Å². The molecule has 3 heterocycles. The van der Waals surface area contributed by atoms with E-state index in [1.165, 1.54) is 0 Å². The van der Waals surface area contributed by atoms with Gasteiger partial charge in [0.25, 0.3) is 0 Å². The molecule has 2 aromatic carbocycles. The molecule has 3 aliphatic heterocycles. The number of nitrogens with zero attached hydrogens (tertiary/aromatic N) is 1. The number of benzene rings is 2. The Kier molecular flexibility index (Phi) is 8.38. The van der Waals surface area contributed by atoms with Crippen LogP contribution in [-0.4, -0.2) is 64.7 Å². The molecule has 0 aliphatic carbocycles. The van der Waals surface area contributed by atoms with Gasteiger partial charge >= 0.3 is 0 Å². The van der Waals surface area contributed by atoms with E-state index in [0.717, 1.165) is 12.0 Å². The molecule has 5 rings (SSSR count). The van der Waals surface area contributed by atoms with Crippen molar-refractivity contribution in [1.82, 2.24) is 10.2 Å². The molecule has 41 heavy (non-hydrogen) atoms. The van der Waals surface area contributed by atoms with Crippen molar-refractivity contribution in [2.75, 3.05) is 25.1 Å². The van der Waals surface area contributed by atoms with E-state index in [2.05, 4.69) is 10.6 Å². The van der Waals surface area contributed by atoms with Crippen LogP contribution in [0.4, 0.5) is 5.69 Å². The van der Waals surface area contributed by atoms with E-state index in [0.29, 0.717) is 50.4 Å². The minimum atomic E-state index is -1.09. The molecule has 3 fully saturated rings. The lowest BCUT2D eigenvalue weighted by Gasteiger charge is -2.36. The lowest BCUT2D eigenvalue weighted by atomic mass is 9.62. The van der Waals surface area contributed by atoms with Crippen LogP contribution in [0.5, 0.6) is 5.75 Å². The number of carbonyl (C=O) groups is 3. The zero-order valence-electron chi connectivity index (χ0n) is 24.1. The molecule has 0 radical (unpaired) electrons. The summed E-state index contributed by atoms with van der Waals surface area (Å²) in [4.78, 5) is 43.7. The fourth-order valence-electron chi connectivity index (χ4n) is 7.15. The minimum Gasteiger partial charge on any atom is -0.494 e. The van der Waals surface area contributed by atoms with Crippen molar-refractivity contribution in [2.45, 2.75) is 70.2 Å². The summed E-state index contributed by atoms with van der Waals surface area (Å²) in [5.41, 5.74) is -0.422. The van der Waals surface area contributed by atoms with Gasteiger partial charge in [0.2, 0.25) is 17.7 Å². The summed E-state index contributed by atoms with van der Waals surface area (Å²) in [5, 5.41) is 15.3. The van der Waals surface area contributed by atoms with Crippen molar-refractivity contribution in [3.8, 4) is 5.75 Å². The van der Waals surface area contributed by atoms with Crippen LogP contribution in [0, 0.1) is 17.8 Å². The number of aliphatic hydroxyl groups excluding tert-OH is 1. The van der Waals surface area contributed by atoms with Gasteiger partial charge in [0, 0.05) is 25.4 Å². The molecule has 2 aromatic rings. The molecule has 3 aliphatic rings. The van der Waals surface area contributed by atoms with Crippen LogP contribution in [0.15, 0.2) is 54.6 Å². The quantitative estimate of drug-likeness (QED) is 0.340. The third-order valence-electron chi connectivity index (χ3n) is 9.14. The van der Waals surface area contributed by atoms with Crippen LogP contribution in [-0.2, 0) is 25.7 Å². The van der Waals surface area contributed by atoms with Crippen molar-refractivity contribution in [3.63, 3.8) is 0 Å². The number of anilines is 1. The summed E-state index contributed by atoms with van der Waals surface area (Å²) in [5.74, 6) is -1.61. The second-order valence-electron chi connectivity index (χ2n) is 11.7. The predicted octanol–water partition coefficient (Wildman–Crippen LogP) is 3.51. The fraction of sp³-hybridized carbons (Fsp3) is 0.531. The van der Waals surface area contributed by atoms with Crippen molar-refractivity contribution >= 4 is 23.4 Å². The largest absolute Gasteiger partial charge is 0.494 e. The first kappa shape index (κ1) is 29.1. The summed E-state index contributed by atoms with van der Waals surface area (Å²) in [6, 6.07) is 15.9. The molecule has 3 unspecified atom stereocenters. The maximum Gasteiger partial charge on any atom is 0.246 e. The highest BCUT2D eigenvalue weighted by Gasteiger charge is 2.79. The van der Waals surface area contributed by atoms with Gasteiger partial charge in [0.15, 0.2) is 0 Å². The van der Waals surface area contributed by atoms with E-state index >= 15 is 0 Å². The zero-order valence-corrected chi connectivity index (χ0v) is 24.1. The zero-order chi connectivity index (χ0) is 29.2. The topological polar surface area (TPSA) is 117 Å². The van der Waals surface area contributed by atoms with Crippen molar-refractivity contribution < 1.29 is 29.0 Å². The Labute approximate surface area is 241 Å². The highest BCUT2D eigenvalue weighted by Crippen LogP contribution is 2.65. The Hall–Kier alpha value is -3.43. The number of carbonyl (C=O) groups excluding carboxylic acids is 3. The number of unbranched alkanes of at least 4 members (excludes halogenated alkanes) is 2. The van der Waals surface area contributed by atoms with Crippen molar-refractivity contribution in [1.29, 1.82) is 0 Å². The third kappa shape index (κ3) is 5.21. The first-order valence-electron chi connectivity index (χ1n) is 14.7. The van der Waals surface area contributed by atoms with Crippen LogP contribution in [0.3, 0.4) is 0 Å². The van der Waals surface area contributed by atoms with E-state index < -0.39 is 29.1 Å². The molecule has 220 valence electrons. The second-order valence-corrected chi connectivity index (χ2v) is 11.7. The molecule has 3 N–H and O–H groups in total. The molecule has 3 amide bonds. The van der Waals surface area contributed by atoms with Gasteiger partial charge in [-0.25, -0.2) is 0 Å². The van der Waals surface area contributed by atoms with Crippen molar-refractivity contribution in [3.05, 3.63) is 60.2 Å². The molecule has 3 saturated heterocycles. The van der Waals surface area contributed by atoms with E-state index in [-0.39, 0.29) is 30.2 Å². The molecule has 9 heteroatoms. The van der Waals surface area contributed by atoms with Crippen molar-refractivity contribution in [2.24, 2.45) is 17.8 Å². The number of fused-ring (bicyclic) bond motifs is 1. The predicted molar refractivity (Wildman–Crippen MR) is 154 cm³/mol. The number of hydrogen-bond acceptors (Lipinski definition) is 6. The smallest absolute Gasteiger partial charge is 0.246 e. The van der Waals surface area contributed by atoms with Gasteiger partial charge in [0.1, 0.15) is 17.4 Å². The number of ether oxygens (including phenoxy) is 2. The molecule has 1 spiro atoms. The lowest BCUT2D eigenvalue weighted by Crippen LogP contribution is -2.55. The Morgan fingerprint density at radius 1 is 1.07 bits per heavy atom. The monoisotopic (exact) mass is 563 g/mol. The van der Waals surface area contributed by atoms with Gasteiger partial charge in [-0.05, 0) is 75.3 Å². The number of hydrogen-bond donors (Lipinski definition) is 3. The summed E-state index contributed by atoms with van der Waals surface area (Å²) in [6.07, 6.45) is 2.52. The van der Waals surface area contributed by atoms with Crippen LogP contribution in [0.2, 0.25) is 0 Å². The maximum absolute atomic E-state index is 14.2. The Bertz CT molecular complexity index is 1250. The highest BCUT2D eigenvalue weighted by molar-refractivity contribution is 6.02. The summed E-state index contributed by atoms with van der Waals surface area (Å²) < 4.78 is 12.3. The molecule has 0 aromatic heterocycles. The molecule has 9 nitrogen and oxygen atoms in total. The van der Waals surface area contributed by atoms with Crippen LogP contribution in [0.25, 0.3) is 0 Å². The SMILES string of the molecule is CCOc1ccc(NC(=O)[C@H]2[C@H]3C(=O)N(CCCCCO)C(C(=O)NCc4ccccc4)C34CC(C)[C@]2(C)O4)cc1. The molecule has 0 saturated carbocycles. The van der Waals surface area contributed by atoms with Gasteiger partial charge in [0.05, 0.1) is 24.0 Å². The third-order valence-corrected chi connectivity index (χ3v) is 9.14. The van der Waals surface area contributed by atoms with Gasteiger partial charge < -0.3 is 30.1 Å². The molecular weight excluding hydrogens is 522 g/mol. The summed E-state index contributed by atoms with van der Waals surface area (Å²) in [6.45, 7) is 7.17. The van der Waals surface area contributed by atoms with E-state index in [1.54, 1.807) is 29.2 Å². The van der Waals surface area contributed by atoms with Gasteiger partial charge in [-0.1, -0.05) is 37.3 Å². The normalized spacial score (nSPS) is 29.9. The van der Waals surface area contributed by atoms with Crippen LogP contribution in [0.1, 0.15) is 52.0 Å². The van der Waals surface area contributed by atoms with E-state index in [4.69, 9.17) is 9.47 Å². The first-order valence-corrected chi connectivity index (χ1v) is 14.7. The number of likely N-dealkylation sites (tertiary alicyclic amines) is 1. The minimum absolute atomic E-state index is 0.0404. The molecule has 6 atom stereocenters. The standard InChI is InChI=1S/C32H41N3O6/c1-4-40-24-15-13-23(14-16-24)34-28(37)25-26-30(39)35(17-9-6-10-18-36)27(32(26)19-21(2)31(25,3)41-32)29(38)33-20-22-11-7-5-8-12-22/h5,7-8,11-16,21,25-27,36H,4,6,9-10,17-20H2,1-3H3,(H,33,38)(H,34,37)/t21?,25-,26+,27?,31+,32?/m1/s1. The second kappa shape index (κ2) is 11.8. The average Bonchev–Trinajstić information content (AvgIpc) is 3.48. The first-order chi connectivity index (χ1) is 19.7. The van der Waals surface area contributed by atoms with Crippen LogP contribution < -0.4 is 15.4 Å². The lowest BCUT2D eigenvalue weighted by molar-refractivity contribution is -0.146. The summed E-state index contributed by atoms with van der Waals surface area (Å²) in [7, 11) is 0. The number of aliphatic hydroxyl groups is 1. The number of nitrogens with one attached hydrogen (secondary N) is 2. The average molecular weight is 564 g/mol. The Balaban J connectivity index is 1.43. The Morgan fingerprint density at radius 2 is 1.80 bits per heavy atom. The van der Waals surface area contributed by atoms with Gasteiger partial charge in [-0.3, -0.25) is 14.4 Å².